The number of amides is 2. The number of halogens is 3. The van der Waals surface area contributed by atoms with Gasteiger partial charge in [0.15, 0.2) is 8.32 Å². The molecule has 12 heteroatoms. The molecule has 0 radical (unpaired) electrons. The Bertz CT molecular complexity index is 1820. The van der Waals surface area contributed by atoms with Crippen LogP contribution in [0.2, 0.25) is 28.2 Å². The van der Waals surface area contributed by atoms with Gasteiger partial charge in [-0.3, -0.25) is 14.4 Å². The molecular weight excluding hydrogens is 670 g/mol. The van der Waals surface area contributed by atoms with Crippen molar-refractivity contribution in [1.29, 1.82) is 0 Å². The smallest absolute Gasteiger partial charge is 0.250 e. The van der Waals surface area contributed by atoms with Crippen LogP contribution in [0.1, 0.15) is 65.6 Å². The van der Waals surface area contributed by atoms with Crippen molar-refractivity contribution in [3.63, 3.8) is 0 Å². The molecule has 4 N–H and O–H groups in total. The number of nitrogens with one attached hydrogen (secondary N) is 4. The highest BCUT2D eigenvalue weighted by Crippen LogP contribution is 2.54. The lowest BCUT2D eigenvalue weighted by atomic mass is 9.68. The average molecular weight is 716 g/mol. The molecule has 1 saturated heterocycles. The number of aromatic amines is 1. The van der Waals surface area contributed by atoms with E-state index >= 15 is 4.39 Å². The Morgan fingerprint density at radius 1 is 1.06 bits per heavy atom. The van der Waals surface area contributed by atoms with E-state index in [1.165, 1.54) is 12.1 Å². The van der Waals surface area contributed by atoms with E-state index in [-0.39, 0.29) is 44.8 Å². The highest BCUT2D eigenvalue weighted by molar-refractivity contribution is 6.74. The number of fused-ring (bicyclic) bond motifs is 2. The first-order chi connectivity index (χ1) is 22.2. The van der Waals surface area contributed by atoms with Gasteiger partial charge >= 0.3 is 0 Å². The Labute approximate surface area is 292 Å². The summed E-state index contributed by atoms with van der Waals surface area (Å²) in [6, 6.07) is 9.82. The van der Waals surface area contributed by atoms with E-state index in [1.807, 2.05) is 0 Å². The van der Waals surface area contributed by atoms with E-state index in [1.54, 1.807) is 30.3 Å². The van der Waals surface area contributed by atoms with Crippen LogP contribution in [0.3, 0.4) is 0 Å². The maximum atomic E-state index is 15.5. The molecule has 3 heterocycles. The van der Waals surface area contributed by atoms with Crippen LogP contribution in [-0.2, 0) is 25.9 Å². The van der Waals surface area contributed by atoms with E-state index in [9.17, 15) is 14.4 Å². The first-order valence-corrected chi connectivity index (χ1v) is 19.9. The zero-order valence-electron chi connectivity index (χ0n) is 28.8. The Morgan fingerprint density at radius 3 is 2.44 bits per heavy atom. The van der Waals surface area contributed by atoms with E-state index in [0.29, 0.717) is 52.7 Å². The predicted octanol–water partition coefficient (Wildman–Crippen LogP) is 8.05. The van der Waals surface area contributed by atoms with Gasteiger partial charge in [-0.2, -0.15) is 0 Å². The summed E-state index contributed by atoms with van der Waals surface area (Å²) in [4.78, 5) is 43.5. The Balaban J connectivity index is 1.47. The normalized spacial score (nSPS) is 21.0. The number of anilines is 2. The number of carbonyl (C=O) groups is 2. The largest absolute Gasteiger partial charge is 0.416 e. The molecule has 8 nitrogen and oxygen atoms in total. The predicted molar refractivity (Wildman–Crippen MR) is 194 cm³/mol. The molecule has 258 valence electrons. The third-order valence-electron chi connectivity index (χ3n) is 9.91. The molecule has 5 rings (SSSR count). The van der Waals surface area contributed by atoms with Gasteiger partial charge in [-0.25, -0.2) is 4.39 Å². The SMILES string of the molecule is CC(C)(C)C[C@@H]1N[C@@H](C(=O)Nc2cc(CCO[Si](C)(C)C(C)(C)C)[nH]c(=O)c2)CC12C(=O)Nc1cc(Cl)cc(-c3cccc(Cl)c3F)c12. The highest BCUT2D eigenvalue weighted by atomic mass is 35.5. The molecule has 0 saturated carbocycles. The van der Waals surface area contributed by atoms with Crippen molar-refractivity contribution in [3.8, 4) is 11.1 Å². The lowest BCUT2D eigenvalue weighted by Gasteiger charge is -2.36. The summed E-state index contributed by atoms with van der Waals surface area (Å²) in [6.07, 6.45) is 1.12. The molecule has 1 aromatic heterocycles. The lowest BCUT2D eigenvalue weighted by molar-refractivity contribution is -0.121. The number of carbonyl (C=O) groups excluding carboxylic acids is 2. The molecule has 1 fully saturated rings. The van der Waals surface area contributed by atoms with Gasteiger partial charge in [0.25, 0.3) is 0 Å². The average Bonchev–Trinajstić information content (AvgIpc) is 3.45. The molecule has 0 aliphatic carbocycles. The number of hydrogen-bond donors (Lipinski definition) is 4. The van der Waals surface area contributed by atoms with Crippen molar-refractivity contribution in [1.82, 2.24) is 10.3 Å². The lowest BCUT2D eigenvalue weighted by Crippen LogP contribution is -2.48. The van der Waals surface area contributed by atoms with Crippen LogP contribution < -0.4 is 21.5 Å². The molecule has 3 atom stereocenters. The maximum absolute atomic E-state index is 15.5. The van der Waals surface area contributed by atoms with Crippen molar-refractivity contribution < 1.29 is 18.4 Å². The van der Waals surface area contributed by atoms with Crippen LogP contribution in [0.25, 0.3) is 11.1 Å². The van der Waals surface area contributed by atoms with E-state index in [4.69, 9.17) is 27.6 Å². The topological polar surface area (TPSA) is 112 Å². The second-order valence-corrected chi connectivity index (χ2v) is 21.4. The van der Waals surface area contributed by atoms with E-state index < -0.39 is 31.6 Å². The van der Waals surface area contributed by atoms with Gasteiger partial charge in [-0.1, -0.05) is 76.9 Å². The summed E-state index contributed by atoms with van der Waals surface area (Å²) in [5, 5.41) is 9.69. The third-order valence-corrected chi connectivity index (χ3v) is 15.0. The fraction of sp³-hybridized carbons (Fsp3) is 0.472. The summed E-state index contributed by atoms with van der Waals surface area (Å²) in [5.41, 5.74) is 0.910. The second kappa shape index (κ2) is 13.0. The molecule has 2 amide bonds. The van der Waals surface area contributed by atoms with Gasteiger partial charge < -0.3 is 25.4 Å². The summed E-state index contributed by atoms with van der Waals surface area (Å²) < 4.78 is 21.8. The van der Waals surface area contributed by atoms with E-state index in [2.05, 4.69) is 75.6 Å². The van der Waals surface area contributed by atoms with Gasteiger partial charge in [-0.05, 0) is 66.2 Å². The summed E-state index contributed by atoms with van der Waals surface area (Å²) in [7, 11) is -1.97. The van der Waals surface area contributed by atoms with Crippen molar-refractivity contribution >= 4 is 54.7 Å². The third kappa shape index (κ3) is 7.14. The quantitative estimate of drug-likeness (QED) is 0.177. The van der Waals surface area contributed by atoms with Crippen LogP contribution >= 0.6 is 23.2 Å². The molecular formula is C36H45Cl2FN4O4Si. The van der Waals surface area contributed by atoms with Crippen LogP contribution in [0.5, 0.6) is 0 Å². The highest BCUT2D eigenvalue weighted by Gasteiger charge is 2.60. The maximum Gasteiger partial charge on any atom is 0.250 e. The van der Waals surface area contributed by atoms with Gasteiger partial charge in [0, 0.05) is 58.4 Å². The number of hydrogen-bond acceptors (Lipinski definition) is 5. The monoisotopic (exact) mass is 714 g/mol. The molecule has 2 aliphatic rings. The number of pyridine rings is 1. The molecule has 3 aromatic rings. The molecule has 48 heavy (non-hydrogen) atoms. The minimum atomic E-state index is -1.97. The van der Waals surface area contributed by atoms with Crippen molar-refractivity contribution in [2.75, 3.05) is 17.2 Å². The number of aromatic nitrogens is 1. The molecule has 0 bridgehead atoms. The van der Waals surface area contributed by atoms with Gasteiger partial charge in [-0.15, -0.1) is 0 Å². The minimum absolute atomic E-state index is 0.0515. The summed E-state index contributed by atoms with van der Waals surface area (Å²) in [6.45, 7) is 17.5. The van der Waals surface area contributed by atoms with Crippen LogP contribution in [-0.4, -0.2) is 43.8 Å². The molecule has 1 spiro atoms. The van der Waals surface area contributed by atoms with Crippen LogP contribution in [0, 0.1) is 11.2 Å². The van der Waals surface area contributed by atoms with Gasteiger partial charge in [0.2, 0.25) is 17.4 Å². The molecule has 2 aliphatic heterocycles. The number of benzene rings is 2. The first-order valence-electron chi connectivity index (χ1n) is 16.3. The molecule has 2 aromatic carbocycles. The fourth-order valence-corrected chi connectivity index (χ4v) is 8.02. The van der Waals surface area contributed by atoms with Crippen molar-refractivity contribution in [2.24, 2.45) is 5.41 Å². The Kier molecular flexibility index (Phi) is 9.84. The number of H-pyrrole nitrogens is 1. The van der Waals surface area contributed by atoms with Gasteiger partial charge in [0.1, 0.15) is 5.82 Å². The van der Waals surface area contributed by atoms with E-state index in [0.717, 1.165) is 0 Å². The van der Waals surface area contributed by atoms with Crippen molar-refractivity contribution in [2.45, 2.75) is 96.4 Å². The standard InChI is InChI=1S/C36H45Cl2FN4O4Si/c1-34(2,3)19-28-36(30-24(23-10-9-11-25(38)31(23)39)14-20(37)15-26(30)43-33(36)46)18-27(42-28)32(45)41-22-16-21(40-29(44)17-22)12-13-47-48(7,8)35(4,5)6/h9-11,14-17,27-28,42H,12-13,18-19H2,1-8H3,(H,43,46)(H2,40,41,44,45)/t27-,28+,36?/m1/s1. The van der Waals surface area contributed by atoms with Crippen LogP contribution in [0.4, 0.5) is 15.8 Å². The van der Waals surface area contributed by atoms with Crippen LogP contribution in [0.15, 0.2) is 47.3 Å². The summed E-state index contributed by atoms with van der Waals surface area (Å²) in [5.74, 6) is -1.29. The first kappa shape index (κ1) is 36.3. The summed E-state index contributed by atoms with van der Waals surface area (Å²) >= 11 is 12.7. The zero-order valence-corrected chi connectivity index (χ0v) is 31.3. The fourth-order valence-electron chi connectivity index (χ4n) is 6.58. The Morgan fingerprint density at radius 2 is 1.77 bits per heavy atom. The minimum Gasteiger partial charge on any atom is -0.416 e. The van der Waals surface area contributed by atoms with Crippen molar-refractivity contribution in [3.05, 3.63) is 79.9 Å². The second-order valence-electron chi connectivity index (χ2n) is 15.8. The zero-order chi connectivity index (χ0) is 35.4. The molecule has 1 unspecified atom stereocenters. The Hall–Kier alpha value is -3.02. The van der Waals surface area contributed by atoms with Gasteiger partial charge in [0.05, 0.1) is 16.5 Å². The number of rotatable bonds is 8.